The van der Waals surface area contributed by atoms with Gasteiger partial charge in [0, 0.05) is 0 Å². The number of aliphatic hydroxyl groups is 1. The Bertz CT molecular complexity index is 663. The van der Waals surface area contributed by atoms with Gasteiger partial charge in [0.25, 0.3) is 0 Å². The van der Waals surface area contributed by atoms with Gasteiger partial charge in [-0.2, -0.15) is 4.90 Å². The number of cyclic esters (lactones) is 1. The van der Waals surface area contributed by atoms with Gasteiger partial charge in [0.15, 0.2) is 0 Å². The molecule has 184 valence electrons. The fourth-order valence-electron chi connectivity index (χ4n) is 3.05. The van der Waals surface area contributed by atoms with Crippen molar-refractivity contribution in [3.63, 3.8) is 0 Å². The minimum absolute atomic E-state index is 0.101. The van der Waals surface area contributed by atoms with E-state index in [0.717, 1.165) is 5.57 Å². The quantitative estimate of drug-likeness (QED) is 0.383. The number of hydrogen-bond acceptors (Lipinski definition) is 8. The van der Waals surface area contributed by atoms with Crippen molar-refractivity contribution in [2.45, 2.75) is 110 Å². The van der Waals surface area contributed by atoms with Crippen LogP contribution in [0.2, 0.25) is 0 Å². The molecule has 0 spiro atoms. The molecular weight excluding hydrogens is 418 g/mol. The zero-order chi connectivity index (χ0) is 24.9. The van der Waals surface area contributed by atoms with Crippen LogP contribution < -0.4 is 0 Å². The van der Waals surface area contributed by atoms with Crippen LogP contribution >= 0.6 is 0 Å². The molecule has 1 fully saturated rings. The molecule has 4 unspecified atom stereocenters. The van der Waals surface area contributed by atoms with E-state index in [9.17, 15) is 19.5 Å². The first-order valence-electron chi connectivity index (χ1n) is 10.9. The van der Waals surface area contributed by atoms with Gasteiger partial charge in [0.05, 0.1) is 12.7 Å². The van der Waals surface area contributed by atoms with Crippen molar-refractivity contribution in [1.29, 1.82) is 0 Å². The summed E-state index contributed by atoms with van der Waals surface area (Å²) in [5.41, 5.74) is -1.00. The van der Waals surface area contributed by atoms with Gasteiger partial charge in [-0.05, 0) is 74.7 Å². The second-order valence-corrected chi connectivity index (χ2v) is 10.2. The summed E-state index contributed by atoms with van der Waals surface area (Å²) in [7, 11) is 0. The van der Waals surface area contributed by atoms with Crippen LogP contribution in [0.15, 0.2) is 12.2 Å². The normalized spacial score (nSPS) is 25.0. The third-order valence-corrected chi connectivity index (χ3v) is 4.44. The molecule has 9 heteroatoms. The summed E-state index contributed by atoms with van der Waals surface area (Å²) < 4.78 is 21.9. The molecule has 0 aromatic heterocycles. The van der Waals surface area contributed by atoms with Crippen LogP contribution in [0, 0.1) is 0 Å². The van der Waals surface area contributed by atoms with Gasteiger partial charge in [-0.3, -0.25) is 0 Å². The highest BCUT2D eigenvalue weighted by Crippen LogP contribution is 2.25. The maximum absolute atomic E-state index is 13.0. The third-order valence-electron chi connectivity index (χ3n) is 4.44. The average Bonchev–Trinajstić information content (AvgIpc) is 2.62. The lowest BCUT2D eigenvalue weighted by Crippen LogP contribution is -2.53. The molecule has 1 aliphatic rings. The number of aliphatic hydroxyl groups excluding tert-OH is 1. The Morgan fingerprint density at radius 1 is 1.09 bits per heavy atom. The summed E-state index contributed by atoms with van der Waals surface area (Å²) in [6.45, 7) is 17.3. The molecule has 0 radical (unpaired) electrons. The predicted octanol–water partition coefficient (Wildman–Crippen LogP) is 3.97. The van der Waals surface area contributed by atoms with Crippen molar-refractivity contribution in [2.75, 3.05) is 6.61 Å². The van der Waals surface area contributed by atoms with Gasteiger partial charge in [-0.15, -0.1) is 0 Å². The molecule has 1 N–H and O–H groups in total. The maximum atomic E-state index is 13.0. The van der Waals surface area contributed by atoms with E-state index in [1.165, 1.54) is 6.92 Å². The molecule has 0 saturated carbocycles. The number of rotatable bonds is 4. The first-order valence-corrected chi connectivity index (χ1v) is 10.9. The predicted molar refractivity (Wildman–Crippen MR) is 118 cm³/mol. The topological polar surface area (TPSA) is 112 Å². The van der Waals surface area contributed by atoms with Crippen molar-refractivity contribution in [1.82, 2.24) is 4.90 Å². The zero-order valence-corrected chi connectivity index (χ0v) is 20.6. The molecule has 4 atom stereocenters. The second kappa shape index (κ2) is 11.1. The van der Waals surface area contributed by atoms with Crippen molar-refractivity contribution >= 4 is 18.2 Å². The van der Waals surface area contributed by atoms with Gasteiger partial charge in [0.1, 0.15) is 29.5 Å². The van der Waals surface area contributed by atoms with Crippen LogP contribution in [0.4, 0.5) is 9.59 Å². The van der Waals surface area contributed by atoms with Crippen molar-refractivity contribution in [2.24, 2.45) is 0 Å². The second-order valence-electron chi connectivity index (χ2n) is 10.2. The van der Waals surface area contributed by atoms with Crippen LogP contribution in [0.3, 0.4) is 0 Å². The Kier molecular flexibility index (Phi) is 9.71. The number of hydrogen-bond donors (Lipinski definition) is 1. The van der Waals surface area contributed by atoms with Gasteiger partial charge in [-0.1, -0.05) is 12.2 Å². The highest BCUT2D eigenvalue weighted by atomic mass is 16.6. The Morgan fingerprint density at radius 3 is 2.03 bits per heavy atom. The lowest BCUT2D eigenvalue weighted by atomic mass is 10.0. The Balaban J connectivity index is 3.21. The van der Waals surface area contributed by atoms with Crippen LogP contribution in [0.5, 0.6) is 0 Å². The average molecular weight is 458 g/mol. The number of esters is 1. The van der Waals surface area contributed by atoms with E-state index >= 15 is 0 Å². The lowest BCUT2D eigenvalue weighted by molar-refractivity contribution is -0.164. The maximum Gasteiger partial charge on any atom is 0.420 e. The van der Waals surface area contributed by atoms with E-state index in [4.69, 9.17) is 18.9 Å². The molecule has 1 heterocycles. The molecule has 32 heavy (non-hydrogen) atoms. The molecule has 0 aromatic carbocycles. The number of ether oxygens (including phenoxy) is 4. The Labute approximate surface area is 191 Å². The molecule has 9 nitrogen and oxygen atoms in total. The summed E-state index contributed by atoms with van der Waals surface area (Å²) in [6, 6.07) is -1.27. The number of carbonyl (C=O) groups excluding carboxylic acids is 3. The van der Waals surface area contributed by atoms with Crippen molar-refractivity contribution < 1.29 is 38.4 Å². The standard InChI is InChI=1S/C23H39NO8/c1-14(2)13-29-17-12-10-11-16(19(26)30-15(3)18(17)25)24(20(27)31-22(4,5)6)21(28)32-23(7,8)9/h15-18,25H,1,10-13H2,2-9H3. The summed E-state index contributed by atoms with van der Waals surface area (Å²) in [5.74, 6) is -0.825. The fourth-order valence-corrected chi connectivity index (χ4v) is 3.05. The van der Waals surface area contributed by atoms with Crippen LogP contribution in [-0.2, 0) is 23.7 Å². The van der Waals surface area contributed by atoms with Crippen LogP contribution in [0.25, 0.3) is 0 Å². The highest BCUT2D eigenvalue weighted by molar-refractivity contribution is 5.94. The van der Waals surface area contributed by atoms with Crippen molar-refractivity contribution in [3.8, 4) is 0 Å². The number of carbonyl (C=O) groups is 3. The molecule has 0 aliphatic carbocycles. The molecule has 1 aliphatic heterocycles. The van der Waals surface area contributed by atoms with Crippen molar-refractivity contribution in [3.05, 3.63) is 12.2 Å². The minimum atomic E-state index is -1.27. The first kappa shape index (κ1) is 27.9. The van der Waals surface area contributed by atoms with E-state index < -0.39 is 53.7 Å². The Hall–Kier alpha value is -2.13. The van der Waals surface area contributed by atoms with E-state index in [-0.39, 0.29) is 13.0 Å². The SMILES string of the molecule is C=C(C)COC1CCCC(N(C(=O)OC(C)(C)C)C(=O)OC(C)(C)C)C(=O)OC(C)C1O. The summed E-state index contributed by atoms with van der Waals surface area (Å²) in [4.78, 5) is 39.5. The number of nitrogens with zero attached hydrogens (tertiary/aromatic N) is 1. The molecule has 0 bridgehead atoms. The minimum Gasteiger partial charge on any atom is -0.458 e. The van der Waals surface area contributed by atoms with Gasteiger partial charge in [-0.25, -0.2) is 14.4 Å². The zero-order valence-electron chi connectivity index (χ0n) is 20.6. The molecular formula is C23H39NO8. The fraction of sp³-hybridized carbons (Fsp3) is 0.783. The summed E-state index contributed by atoms with van der Waals surface area (Å²) in [5, 5.41) is 10.6. The highest BCUT2D eigenvalue weighted by Gasteiger charge is 2.43. The molecule has 0 aromatic rings. The smallest absolute Gasteiger partial charge is 0.420 e. The van der Waals surface area contributed by atoms with E-state index in [2.05, 4.69) is 6.58 Å². The number of imide groups is 1. The Morgan fingerprint density at radius 2 is 1.59 bits per heavy atom. The van der Waals surface area contributed by atoms with E-state index in [1.54, 1.807) is 48.5 Å². The largest absolute Gasteiger partial charge is 0.458 e. The van der Waals surface area contributed by atoms with Crippen LogP contribution in [-0.4, -0.2) is 70.3 Å². The summed E-state index contributed by atoms with van der Waals surface area (Å²) >= 11 is 0. The van der Waals surface area contributed by atoms with E-state index in [0.29, 0.717) is 17.7 Å². The lowest BCUT2D eigenvalue weighted by Gasteiger charge is -2.32. The molecule has 1 rings (SSSR count). The first-order chi connectivity index (χ1) is 14.5. The monoisotopic (exact) mass is 457 g/mol. The van der Waals surface area contributed by atoms with Crippen LogP contribution in [0.1, 0.15) is 74.7 Å². The number of amides is 2. The third kappa shape index (κ3) is 9.16. The van der Waals surface area contributed by atoms with E-state index in [1.807, 2.05) is 0 Å². The molecule has 2 amide bonds. The summed E-state index contributed by atoms with van der Waals surface area (Å²) in [6.07, 6.45) is -3.72. The molecule has 1 saturated heterocycles. The van der Waals surface area contributed by atoms with Gasteiger partial charge < -0.3 is 24.1 Å². The van der Waals surface area contributed by atoms with Gasteiger partial charge >= 0.3 is 18.2 Å². The van der Waals surface area contributed by atoms with Gasteiger partial charge in [0.2, 0.25) is 0 Å².